The molecule has 0 saturated carbocycles. The number of amides is 1. The summed E-state index contributed by atoms with van der Waals surface area (Å²) in [7, 11) is 6.73. The molecule has 0 heterocycles. The van der Waals surface area contributed by atoms with Gasteiger partial charge in [0.25, 0.3) is 0 Å². The van der Waals surface area contributed by atoms with Crippen LogP contribution in [0.4, 0.5) is 5.69 Å². The van der Waals surface area contributed by atoms with E-state index in [0.29, 0.717) is 23.7 Å². The van der Waals surface area contributed by atoms with E-state index in [-0.39, 0.29) is 12.5 Å². The van der Waals surface area contributed by atoms with Gasteiger partial charge in [-0.3, -0.25) is 9.69 Å². The summed E-state index contributed by atoms with van der Waals surface area (Å²) in [6, 6.07) is 17.6. The third kappa shape index (κ3) is 5.18. The van der Waals surface area contributed by atoms with E-state index in [1.807, 2.05) is 30.1 Å². The highest BCUT2D eigenvalue weighted by Gasteiger charge is 2.12. The third-order valence-electron chi connectivity index (χ3n) is 4.66. The van der Waals surface area contributed by atoms with Crippen molar-refractivity contribution < 1.29 is 19.0 Å². The van der Waals surface area contributed by atoms with Crippen molar-refractivity contribution in [3.05, 3.63) is 60.2 Å². The minimum atomic E-state index is -0.121. The Hall–Kier alpha value is -3.25. The maximum absolute atomic E-state index is 12.5. The van der Waals surface area contributed by atoms with Crippen LogP contribution in [0.1, 0.15) is 5.56 Å². The first-order valence-electron chi connectivity index (χ1n) is 9.29. The van der Waals surface area contributed by atoms with E-state index < -0.39 is 0 Å². The summed E-state index contributed by atoms with van der Waals surface area (Å²) in [5.41, 5.74) is 1.72. The normalized spacial score (nSPS) is 10.8. The van der Waals surface area contributed by atoms with Crippen LogP contribution in [-0.2, 0) is 11.3 Å². The molecular formula is C23H26N2O4. The van der Waals surface area contributed by atoms with Gasteiger partial charge in [0.2, 0.25) is 5.91 Å². The number of benzene rings is 3. The minimum absolute atomic E-state index is 0.121. The molecule has 0 saturated heterocycles. The number of rotatable bonds is 8. The predicted octanol–water partition coefficient (Wildman–Crippen LogP) is 3.94. The number of nitrogens with one attached hydrogen (secondary N) is 1. The van der Waals surface area contributed by atoms with E-state index in [9.17, 15) is 4.79 Å². The molecule has 0 aromatic heterocycles. The zero-order valence-electron chi connectivity index (χ0n) is 17.2. The van der Waals surface area contributed by atoms with Gasteiger partial charge in [0.05, 0.1) is 33.6 Å². The Morgan fingerprint density at radius 1 is 0.862 bits per heavy atom. The van der Waals surface area contributed by atoms with Crippen LogP contribution in [0.15, 0.2) is 54.6 Å². The highest BCUT2D eigenvalue weighted by molar-refractivity contribution is 5.94. The molecule has 1 N–H and O–H groups in total. The lowest BCUT2D eigenvalue weighted by atomic mass is 10.1. The highest BCUT2D eigenvalue weighted by Crippen LogP contribution is 2.29. The lowest BCUT2D eigenvalue weighted by molar-refractivity contribution is -0.117. The van der Waals surface area contributed by atoms with Crippen LogP contribution in [0.25, 0.3) is 10.8 Å². The fourth-order valence-electron chi connectivity index (χ4n) is 3.21. The zero-order valence-corrected chi connectivity index (χ0v) is 17.2. The van der Waals surface area contributed by atoms with Crippen molar-refractivity contribution in [2.45, 2.75) is 6.54 Å². The van der Waals surface area contributed by atoms with Crippen LogP contribution >= 0.6 is 0 Å². The average Bonchev–Trinajstić information content (AvgIpc) is 2.73. The molecule has 3 aromatic carbocycles. The van der Waals surface area contributed by atoms with Gasteiger partial charge >= 0.3 is 0 Å². The molecule has 0 aliphatic heterocycles. The van der Waals surface area contributed by atoms with Crippen molar-refractivity contribution in [3.8, 4) is 17.2 Å². The lowest BCUT2D eigenvalue weighted by Crippen LogP contribution is -2.30. The van der Waals surface area contributed by atoms with Gasteiger partial charge < -0.3 is 19.5 Å². The molecule has 0 bridgehead atoms. The molecule has 3 rings (SSSR count). The van der Waals surface area contributed by atoms with Crippen LogP contribution in [0.5, 0.6) is 17.2 Å². The Balaban J connectivity index is 1.64. The minimum Gasteiger partial charge on any atom is -0.497 e. The zero-order chi connectivity index (χ0) is 20.8. The molecule has 6 heteroatoms. The maximum atomic E-state index is 12.5. The van der Waals surface area contributed by atoms with Crippen LogP contribution in [-0.4, -0.2) is 45.7 Å². The van der Waals surface area contributed by atoms with Crippen LogP contribution in [0, 0.1) is 0 Å². The molecule has 0 aliphatic carbocycles. The second-order valence-corrected chi connectivity index (χ2v) is 6.83. The first-order chi connectivity index (χ1) is 14.0. The summed E-state index contributed by atoms with van der Waals surface area (Å²) in [6.07, 6.45) is 0. The molecule has 0 atom stereocenters. The van der Waals surface area contributed by atoms with Gasteiger partial charge in [-0.2, -0.15) is 0 Å². The summed E-state index contributed by atoms with van der Waals surface area (Å²) in [6.45, 7) is 0.908. The average molecular weight is 394 g/mol. The van der Waals surface area contributed by atoms with Crippen molar-refractivity contribution in [1.29, 1.82) is 0 Å². The Bertz CT molecular complexity index is 1000. The number of hydrogen-bond donors (Lipinski definition) is 1. The largest absolute Gasteiger partial charge is 0.497 e. The third-order valence-corrected chi connectivity index (χ3v) is 4.66. The highest BCUT2D eigenvalue weighted by atomic mass is 16.5. The number of methoxy groups -OCH3 is 3. The first kappa shape index (κ1) is 20.5. The van der Waals surface area contributed by atoms with E-state index in [4.69, 9.17) is 14.2 Å². The number of likely N-dealkylation sites (N-methyl/N-ethyl adjacent to an activating group) is 1. The monoisotopic (exact) mass is 394 g/mol. The summed E-state index contributed by atoms with van der Waals surface area (Å²) >= 11 is 0. The van der Waals surface area contributed by atoms with Gasteiger partial charge in [0.15, 0.2) is 0 Å². The van der Waals surface area contributed by atoms with E-state index in [0.717, 1.165) is 22.1 Å². The Morgan fingerprint density at radius 3 is 2.24 bits per heavy atom. The molecule has 0 aliphatic rings. The van der Waals surface area contributed by atoms with Gasteiger partial charge in [-0.05, 0) is 53.7 Å². The number of carbonyl (C=O) groups excluding carboxylic acids is 1. The summed E-state index contributed by atoms with van der Waals surface area (Å²) in [5, 5.41) is 5.16. The summed E-state index contributed by atoms with van der Waals surface area (Å²) in [5.74, 6) is 1.96. The van der Waals surface area contributed by atoms with Crippen molar-refractivity contribution in [2.24, 2.45) is 0 Å². The van der Waals surface area contributed by atoms with Gasteiger partial charge in [0.1, 0.15) is 17.2 Å². The van der Waals surface area contributed by atoms with Crippen molar-refractivity contribution in [3.63, 3.8) is 0 Å². The smallest absolute Gasteiger partial charge is 0.238 e. The number of fused-ring (bicyclic) bond motifs is 1. The molecule has 152 valence electrons. The van der Waals surface area contributed by atoms with E-state index in [1.54, 1.807) is 39.5 Å². The van der Waals surface area contributed by atoms with Gasteiger partial charge in [-0.15, -0.1) is 0 Å². The predicted molar refractivity (Wildman–Crippen MR) is 115 cm³/mol. The molecule has 0 fully saturated rings. The summed E-state index contributed by atoms with van der Waals surface area (Å²) in [4.78, 5) is 14.5. The van der Waals surface area contributed by atoms with Crippen molar-refractivity contribution in [1.82, 2.24) is 4.90 Å². The Morgan fingerprint density at radius 2 is 1.52 bits per heavy atom. The van der Waals surface area contributed by atoms with E-state index in [2.05, 4.69) is 23.5 Å². The van der Waals surface area contributed by atoms with Gasteiger partial charge in [-0.1, -0.05) is 18.2 Å². The molecule has 0 radical (unpaired) electrons. The summed E-state index contributed by atoms with van der Waals surface area (Å²) < 4.78 is 15.8. The Labute approximate surface area is 171 Å². The molecule has 0 spiro atoms. The first-order valence-corrected chi connectivity index (χ1v) is 9.29. The lowest BCUT2D eigenvalue weighted by Gasteiger charge is -2.18. The number of anilines is 1. The Kier molecular flexibility index (Phi) is 6.57. The fourth-order valence-corrected chi connectivity index (χ4v) is 3.21. The van der Waals surface area contributed by atoms with E-state index >= 15 is 0 Å². The second kappa shape index (κ2) is 9.30. The van der Waals surface area contributed by atoms with Gasteiger partial charge in [-0.25, -0.2) is 0 Å². The van der Waals surface area contributed by atoms with Crippen LogP contribution in [0.2, 0.25) is 0 Å². The standard InChI is InChI=1S/C23H26N2O4/c1-25(14-16-5-6-18-12-19(27-2)8-7-17(18)11-16)15-23(26)24-21-13-20(28-3)9-10-22(21)29-4/h5-13H,14-15H2,1-4H3,(H,24,26). The molecule has 6 nitrogen and oxygen atoms in total. The van der Waals surface area contributed by atoms with Crippen molar-refractivity contribution in [2.75, 3.05) is 40.2 Å². The molecule has 3 aromatic rings. The maximum Gasteiger partial charge on any atom is 0.238 e. The number of nitrogens with zero attached hydrogens (tertiary/aromatic N) is 1. The van der Waals surface area contributed by atoms with Crippen LogP contribution in [0.3, 0.4) is 0 Å². The quantitative estimate of drug-likeness (QED) is 0.627. The molecular weight excluding hydrogens is 368 g/mol. The number of ether oxygens (including phenoxy) is 3. The number of carbonyl (C=O) groups is 1. The van der Waals surface area contributed by atoms with Gasteiger partial charge in [0, 0.05) is 12.6 Å². The molecule has 1 amide bonds. The molecule has 29 heavy (non-hydrogen) atoms. The molecule has 0 unspecified atom stereocenters. The van der Waals surface area contributed by atoms with E-state index in [1.165, 1.54) is 0 Å². The second-order valence-electron chi connectivity index (χ2n) is 6.83. The SMILES string of the molecule is COc1ccc(OC)c(NC(=O)CN(C)Cc2ccc3cc(OC)ccc3c2)c1. The van der Waals surface area contributed by atoms with Crippen molar-refractivity contribution >= 4 is 22.4 Å². The van der Waals surface area contributed by atoms with Crippen LogP contribution < -0.4 is 19.5 Å². The topological polar surface area (TPSA) is 60.0 Å². The number of hydrogen-bond acceptors (Lipinski definition) is 5. The fraction of sp³-hybridized carbons (Fsp3) is 0.261.